The number of rotatable bonds is 6. The molecule has 9 aromatic carbocycles. The molecule has 1 radical (unpaired) electrons. The second kappa shape index (κ2) is 15.6. The van der Waals surface area contributed by atoms with Gasteiger partial charge in [0.05, 0.1) is 0 Å². The third kappa shape index (κ3) is 7.02. The van der Waals surface area contributed by atoms with E-state index in [9.17, 15) is 0 Å². The van der Waals surface area contributed by atoms with Gasteiger partial charge in [-0.3, -0.25) is 14.7 Å². The Kier molecular flexibility index (Phi) is 10.1. The quantitative estimate of drug-likeness (QED) is 0.123. The van der Waals surface area contributed by atoms with E-state index in [1.165, 1.54) is 81.3 Å². The molecule has 1 saturated heterocycles. The molecule has 275 valence electrons. The van der Waals surface area contributed by atoms with E-state index >= 15 is 0 Å². The van der Waals surface area contributed by atoms with Crippen molar-refractivity contribution in [2.24, 2.45) is 0 Å². The Morgan fingerprint density at radius 1 is 0.273 bits per heavy atom. The van der Waals surface area contributed by atoms with Gasteiger partial charge < -0.3 is 0 Å². The van der Waals surface area contributed by atoms with Crippen LogP contribution >= 0.6 is 0 Å². The first-order chi connectivity index (χ1) is 26.7. The molecule has 0 N–H and O–H groups in total. The molecule has 9 aromatic rings. The third-order valence-corrected chi connectivity index (χ3v) is 12.0. The summed E-state index contributed by atoms with van der Waals surface area (Å²) in [4.78, 5) is 8.21. The van der Waals surface area contributed by atoms with Crippen molar-refractivity contribution in [1.82, 2.24) is 14.7 Å². The Morgan fingerprint density at radius 2 is 0.455 bits per heavy atom. The molecule has 10 rings (SSSR count). The molecule has 4 heteroatoms. The van der Waals surface area contributed by atoms with Crippen molar-refractivity contribution in [2.75, 3.05) is 39.3 Å². The number of hydrogen-bond acceptors (Lipinski definition) is 3. The molecule has 0 saturated carbocycles. The van der Waals surface area contributed by atoms with Crippen LogP contribution < -0.4 is 0 Å². The zero-order chi connectivity index (χ0) is 35.8. The molecule has 55 heavy (non-hydrogen) atoms. The number of fused-ring (bicyclic) bond motifs is 6. The summed E-state index contributed by atoms with van der Waals surface area (Å²) >= 11 is 0. The molecule has 0 spiro atoms. The summed E-state index contributed by atoms with van der Waals surface area (Å²) in [7, 11) is 0. The Labute approximate surface area is 334 Å². The predicted octanol–water partition coefficient (Wildman–Crippen LogP) is 11.4. The number of hydrogen-bond donors (Lipinski definition) is 0. The maximum absolute atomic E-state index is 2.74. The van der Waals surface area contributed by atoms with Crippen molar-refractivity contribution in [3.05, 3.63) is 180 Å². The molecule has 0 amide bonds. The van der Waals surface area contributed by atoms with Crippen molar-refractivity contribution in [3.8, 4) is 0 Å². The topological polar surface area (TPSA) is 9.72 Å². The molecule has 0 unspecified atom stereocenters. The normalized spacial score (nSPS) is 15.1. The minimum atomic E-state index is 0. The molecular formula is C51H45CuN3. The molecule has 1 fully saturated rings. The van der Waals surface area contributed by atoms with Crippen LogP contribution in [-0.4, -0.2) is 54.0 Å². The van der Waals surface area contributed by atoms with E-state index < -0.39 is 0 Å². The monoisotopic (exact) mass is 763 g/mol. The van der Waals surface area contributed by atoms with E-state index in [0.717, 1.165) is 58.9 Å². The maximum atomic E-state index is 2.74. The van der Waals surface area contributed by atoms with E-state index in [-0.39, 0.29) is 17.1 Å². The van der Waals surface area contributed by atoms with Crippen molar-refractivity contribution < 1.29 is 17.1 Å². The number of nitrogens with zero attached hydrogens (tertiary/aromatic N) is 3. The standard InChI is InChI=1S/C51H45N3.Cu/c1-7-19-43-37(13-1)31-38-14-2-8-20-44(38)49(43)34-52-25-27-53(35-50-45-21-9-3-15-39(45)32-40-16-4-10-22-46(40)50)29-30-54(28-26-52)36-51-47-23-11-5-17-41(47)33-42-18-6-12-24-48(42)51;/h1-24,31-33H,25-30,34-36H2;/i;1+0. The van der Waals surface area contributed by atoms with Crippen molar-refractivity contribution >= 4 is 64.6 Å². The SMILES string of the molecule is [64Cu].c1ccc2c(CN3CCN(Cc4c5ccccc5cc5ccccc45)CCN(Cc4c5ccccc5cc5ccccc45)CC3)c3ccccc3cc2c1. The second-order valence-corrected chi connectivity index (χ2v) is 15.2. The molecule has 1 aliphatic rings. The first-order valence-corrected chi connectivity index (χ1v) is 19.6. The van der Waals surface area contributed by atoms with Gasteiger partial charge in [0.1, 0.15) is 0 Å². The zero-order valence-electron chi connectivity index (χ0n) is 31.1. The van der Waals surface area contributed by atoms with Gasteiger partial charge in [-0.05, 0) is 99.5 Å². The first kappa shape index (κ1) is 35.6. The summed E-state index contributed by atoms with van der Waals surface area (Å²) in [5, 5.41) is 16.2. The largest absolute Gasteiger partial charge is 0.296 e. The molecule has 1 aliphatic heterocycles. The molecular weight excluding hydrogens is 719 g/mol. The van der Waals surface area contributed by atoms with Crippen LogP contribution in [0.15, 0.2) is 164 Å². The summed E-state index contributed by atoms with van der Waals surface area (Å²) < 4.78 is 0. The van der Waals surface area contributed by atoms with Crippen molar-refractivity contribution in [3.63, 3.8) is 0 Å². The zero-order valence-corrected chi connectivity index (χ0v) is 32.0. The second-order valence-electron chi connectivity index (χ2n) is 15.2. The average molecular weight is 764 g/mol. The summed E-state index contributed by atoms with van der Waals surface area (Å²) in [5.74, 6) is 0. The van der Waals surface area contributed by atoms with Gasteiger partial charge in [-0.1, -0.05) is 146 Å². The van der Waals surface area contributed by atoms with Crippen LogP contribution in [0, 0.1) is 0 Å². The molecule has 1 heterocycles. The summed E-state index contributed by atoms with van der Waals surface area (Å²) in [6, 6.07) is 60.9. The molecule has 3 nitrogen and oxygen atoms in total. The van der Waals surface area contributed by atoms with E-state index in [2.05, 4.69) is 178 Å². The van der Waals surface area contributed by atoms with Crippen LogP contribution in [0.3, 0.4) is 0 Å². The van der Waals surface area contributed by atoms with Crippen LogP contribution in [0.25, 0.3) is 64.6 Å². The van der Waals surface area contributed by atoms with Crippen LogP contribution in [0.1, 0.15) is 16.7 Å². The van der Waals surface area contributed by atoms with Crippen molar-refractivity contribution in [1.29, 1.82) is 0 Å². The van der Waals surface area contributed by atoms with Gasteiger partial charge >= 0.3 is 0 Å². The Morgan fingerprint density at radius 3 is 0.655 bits per heavy atom. The molecule has 0 aliphatic carbocycles. The minimum Gasteiger partial charge on any atom is -0.296 e. The van der Waals surface area contributed by atoms with E-state index in [4.69, 9.17) is 0 Å². The van der Waals surface area contributed by atoms with Crippen molar-refractivity contribution in [2.45, 2.75) is 19.6 Å². The average Bonchev–Trinajstić information content (AvgIpc) is 3.31. The minimum absolute atomic E-state index is 0. The van der Waals surface area contributed by atoms with Gasteiger partial charge in [-0.2, -0.15) is 0 Å². The fourth-order valence-electron chi connectivity index (χ4n) is 9.16. The predicted molar refractivity (Wildman–Crippen MR) is 230 cm³/mol. The first-order valence-electron chi connectivity index (χ1n) is 19.6. The summed E-state index contributed by atoms with van der Waals surface area (Å²) in [5.41, 5.74) is 4.34. The Balaban J connectivity index is 0.00000397. The van der Waals surface area contributed by atoms with Crippen LogP contribution in [0.4, 0.5) is 0 Å². The van der Waals surface area contributed by atoms with Gasteiger partial charge in [0.2, 0.25) is 0 Å². The summed E-state index contributed by atoms with van der Waals surface area (Å²) in [6.45, 7) is 8.90. The van der Waals surface area contributed by atoms with Gasteiger partial charge in [-0.25, -0.2) is 0 Å². The third-order valence-electron chi connectivity index (χ3n) is 12.0. The van der Waals surface area contributed by atoms with Gasteiger partial charge in [0.15, 0.2) is 0 Å². The van der Waals surface area contributed by atoms with Crippen LogP contribution in [0.5, 0.6) is 0 Å². The van der Waals surface area contributed by atoms with E-state index in [0.29, 0.717) is 0 Å². The summed E-state index contributed by atoms with van der Waals surface area (Å²) in [6.07, 6.45) is 0. The fourth-order valence-corrected chi connectivity index (χ4v) is 9.16. The Hall–Kier alpha value is -5.06. The van der Waals surface area contributed by atoms with E-state index in [1.807, 2.05) is 0 Å². The van der Waals surface area contributed by atoms with Gasteiger partial charge in [0, 0.05) is 76.0 Å². The molecule has 0 aromatic heterocycles. The van der Waals surface area contributed by atoms with Gasteiger partial charge in [-0.15, -0.1) is 0 Å². The molecule has 0 bridgehead atoms. The fraction of sp³-hybridized carbons (Fsp3) is 0.176. The van der Waals surface area contributed by atoms with Crippen LogP contribution in [0.2, 0.25) is 0 Å². The smallest absolute Gasteiger partial charge is 0.0247 e. The molecule has 0 atom stereocenters. The number of benzene rings is 9. The van der Waals surface area contributed by atoms with E-state index in [1.54, 1.807) is 0 Å². The van der Waals surface area contributed by atoms with Gasteiger partial charge in [0.25, 0.3) is 0 Å². The maximum Gasteiger partial charge on any atom is 0.0247 e. The van der Waals surface area contributed by atoms with Crippen LogP contribution in [-0.2, 0) is 36.7 Å². The Bertz CT molecular complexity index is 2330.